The van der Waals surface area contributed by atoms with Crippen LogP contribution in [0, 0.1) is 0 Å². The molecule has 9 N–H and O–H groups in total. The zero-order valence-corrected chi connectivity index (χ0v) is 52.7. The number of aliphatic hydroxyl groups excluding tert-OH is 8. The Morgan fingerprint density at radius 3 is 1.28 bits per heavy atom. The molecule has 2 fully saturated rings. The molecule has 0 saturated carbocycles. The maximum absolute atomic E-state index is 13.3. The van der Waals surface area contributed by atoms with E-state index in [1.807, 2.05) is 6.08 Å². The van der Waals surface area contributed by atoms with Gasteiger partial charge in [0.1, 0.15) is 48.8 Å². The van der Waals surface area contributed by atoms with E-state index in [-0.39, 0.29) is 18.9 Å². The SMILES string of the molecule is CC/C=C\C/C=C\C/C=C\C/C=C\C/C=C\C/C=C\C/C=C\C/C=C\C/C=C\C/C=C\CCCCCCCCCCC(=O)NC(COC1OC(CO)C(OC2OC(CO)C(O)C(O)C2O)C(O)C1O)C(O)/C=C/CC/C=C/CCCCCCCCC. The second-order valence-corrected chi connectivity index (χ2v) is 22.5. The molecule has 0 spiro atoms. The van der Waals surface area contributed by atoms with Gasteiger partial charge >= 0.3 is 0 Å². The quantitative estimate of drug-likeness (QED) is 0.0204. The lowest BCUT2D eigenvalue weighted by atomic mass is 9.97. The monoisotopic (exact) mass is 1200 g/mol. The normalized spacial score (nSPS) is 24.4. The highest BCUT2D eigenvalue weighted by atomic mass is 16.7. The van der Waals surface area contributed by atoms with Gasteiger partial charge in [-0.2, -0.15) is 0 Å². The highest BCUT2D eigenvalue weighted by Crippen LogP contribution is 2.30. The third-order valence-electron chi connectivity index (χ3n) is 15.0. The number of rotatable bonds is 51. The first-order valence-electron chi connectivity index (χ1n) is 33.1. The number of ether oxygens (including phenoxy) is 4. The number of aliphatic hydroxyl groups is 8. The van der Waals surface area contributed by atoms with Gasteiger partial charge < -0.3 is 65.1 Å². The summed E-state index contributed by atoms with van der Waals surface area (Å²) in [6.07, 6.45) is 66.2. The smallest absolute Gasteiger partial charge is 0.220 e. The Bertz CT molecular complexity index is 2000. The number of amides is 1. The highest BCUT2D eigenvalue weighted by molar-refractivity contribution is 5.76. The van der Waals surface area contributed by atoms with Gasteiger partial charge in [-0.15, -0.1) is 0 Å². The molecule has 2 aliphatic rings. The van der Waals surface area contributed by atoms with Gasteiger partial charge in [0.15, 0.2) is 12.6 Å². The molecule has 488 valence electrons. The number of carbonyl (C=O) groups is 1. The summed E-state index contributed by atoms with van der Waals surface area (Å²) in [4.78, 5) is 13.3. The molecule has 0 aliphatic carbocycles. The van der Waals surface area contributed by atoms with Crippen molar-refractivity contribution in [1.82, 2.24) is 5.32 Å². The fourth-order valence-corrected chi connectivity index (χ4v) is 9.75. The van der Waals surface area contributed by atoms with Crippen LogP contribution in [0.2, 0.25) is 0 Å². The Kier molecular flexibility index (Phi) is 49.8. The van der Waals surface area contributed by atoms with Crippen LogP contribution in [0.15, 0.2) is 146 Å². The zero-order valence-electron chi connectivity index (χ0n) is 52.7. The Morgan fingerprint density at radius 2 is 0.814 bits per heavy atom. The minimum absolute atomic E-state index is 0.254. The number of carbonyl (C=O) groups excluding carboxylic acids is 1. The lowest BCUT2D eigenvalue weighted by Gasteiger charge is -2.46. The van der Waals surface area contributed by atoms with Crippen LogP contribution in [-0.4, -0.2) is 140 Å². The van der Waals surface area contributed by atoms with E-state index in [1.165, 1.54) is 64.2 Å². The van der Waals surface area contributed by atoms with Gasteiger partial charge in [0.25, 0.3) is 0 Å². The summed E-state index contributed by atoms with van der Waals surface area (Å²) in [5.41, 5.74) is 0. The summed E-state index contributed by atoms with van der Waals surface area (Å²) in [6, 6.07) is -0.946. The van der Waals surface area contributed by atoms with Crippen LogP contribution in [0.4, 0.5) is 0 Å². The van der Waals surface area contributed by atoms with Crippen molar-refractivity contribution in [2.24, 2.45) is 0 Å². The molecule has 14 nitrogen and oxygen atoms in total. The van der Waals surface area contributed by atoms with E-state index in [0.29, 0.717) is 12.8 Å². The molecule has 12 unspecified atom stereocenters. The molecule has 2 aliphatic heterocycles. The van der Waals surface area contributed by atoms with Gasteiger partial charge in [-0.05, 0) is 109 Å². The predicted molar refractivity (Wildman–Crippen MR) is 350 cm³/mol. The lowest BCUT2D eigenvalue weighted by Crippen LogP contribution is -2.65. The predicted octanol–water partition coefficient (Wildman–Crippen LogP) is 12.9. The molecule has 0 aromatic rings. The van der Waals surface area contributed by atoms with Crippen LogP contribution < -0.4 is 5.32 Å². The second-order valence-electron chi connectivity index (χ2n) is 22.5. The Hall–Kier alpha value is -4.13. The molecule has 0 aromatic carbocycles. The molecule has 12 atom stereocenters. The average molecular weight is 1200 g/mol. The molecular formula is C72H117NO13. The fourth-order valence-electron chi connectivity index (χ4n) is 9.75. The standard InChI is InChI=1S/C72H117NO13/c1-3-5-7-9-11-13-15-17-18-19-20-21-22-23-24-25-26-27-28-29-30-31-32-33-34-35-36-37-38-39-40-41-42-44-46-48-50-52-54-56-64(77)73-60(61(76)55-53-51-49-47-45-43-16-14-12-10-8-6-4-2)59-83-71-69(82)67(80)70(63(58-75)85-71)86-72-68(81)66(79)65(78)62(57-74)84-72/h5,7,11,13,17-18,20-21,23-24,26-27,29-30,32-33,35-36,38-39,45,47,53,55,60-63,65-72,74-76,78-82H,3-4,6,8-10,12,14-16,19,22,25,28,31,34,37,40-44,46,48-52,54,56-59H2,1-2H3,(H,73,77)/b7-5-,13-11-,18-17-,21-20-,24-23-,27-26-,30-29-,33-32-,36-35-,39-38-,47-45+,55-53+. The topological polar surface area (TPSA) is 228 Å². The Balaban J connectivity index is 1.64. The fraction of sp³-hybridized carbons (Fsp3) is 0.653. The summed E-state index contributed by atoms with van der Waals surface area (Å²) >= 11 is 0. The first-order chi connectivity index (χ1) is 42.1. The zero-order chi connectivity index (χ0) is 62.3. The van der Waals surface area contributed by atoms with Crippen molar-refractivity contribution >= 4 is 5.91 Å². The number of hydrogen-bond donors (Lipinski definition) is 9. The Labute approximate surface area is 519 Å². The number of allylic oxidation sites excluding steroid dienone is 23. The molecular weight excluding hydrogens is 1090 g/mol. The Morgan fingerprint density at radius 1 is 0.430 bits per heavy atom. The second kappa shape index (κ2) is 55.0. The van der Waals surface area contributed by atoms with Crippen LogP contribution in [0.1, 0.15) is 206 Å². The van der Waals surface area contributed by atoms with Gasteiger partial charge in [-0.1, -0.05) is 237 Å². The van der Waals surface area contributed by atoms with Crippen LogP contribution in [0.25, 0.3) is 0 Å². The molecule has 2 saturated heterocycles. The minimum atomic E-state index is -1.80. The molecule has 0 aromatic heterocycles. The van der Waals surface area contributed by atoms with Gasteiger partial charge in [-0.3, -0.25) is 4.79 Å². The molecule has 0 bridgehead atoms. The van der Waals surface area contributed by atoms with E-state index < -0.39 is 86.8 Å². The van der Waals surface area contributed by atoms with E-state index in [4.69, 9.17) is 18.9 Å². The van der Waals surface area contributed by atoms with E-state index >= 15 is 0 Å². The summed E-state index contributed by atoms with van der Waals surface area (Å²) in [5.74, 6) is -0.265. The summed E-state index contributed by atoms with van der Waals surface area (Å²) in [5, 5.41) is 87.1. The summed E-state index contributed by atoms with van der Waals surface area (Å²) in [6.45, 7) is 2.62. The van der Waals surface area contributed by atoms with Crippen molar-refractivity contribution in [3.05, 3.63) is 146 Å². The van der Waals surface area contributed by atoms with Crippen molar-refractivity contribution in [1.29, 1.82) is 0 Å². The summed E-state index contributed by atoms with van der Waals surface area (Å²) < 4.78 is 22.7. The van der Waals surface area contributed by atoms with Crippen LogP contribution in [0.3, 0.4) is 0 Å². The number of hydrogen-bond acceptors (Lipinski definition) is 13. The van der Waals surface area contributed by atoms with E-state index in [0.717, 1.165) is 109 Å². The van der Waals surface area contributed by atoms with Gasteiger partial charge in [-0.25, -0.2) is 0 Å². The average Bonchev–Trinajstić information content (AvgIpc) is 2.76. The van der Waals surface area contributed by atoms with Gasteiger partial charge in [0, 0.05) is 6.42 Å². The molecule has 1 amide bonds. The molecule has 14 heteroatoms. The van der Waals surface area contributed by atoms with Gasteiger partial charge in [0.05, 0.1) is 32.0 Å². The number of nitrogens with one attached hydrogen (secondary N) is 1. The first kappa shape index (κ1) is 78.0. The molecule has 86 heavy (non-hydrogen) atoms. The molecule has 0 radical (unpaired) electrons. The summed E-state index contributed by atoms with van der Waals surface area (Å²) in [7, 11) is 0. The van der Waals surface area contributed by atoms with Crippen LogP contribution >= 0.6 is 0 Å². The van der Waals surface area contributed by atoms with E-state index in [1.54, 1.807) is 6.08 Å². The lowest BCUT2D eigenvalue weighted by molar-refractivity contribution is -0.359. The van der Waals surface area contributed by atoms with Crippen molar-refractivity contribution in [3.63, 3.8) is 0 Å². The van der Waals surface area contributed by atoms with Crippen molar-refractivity contribution in [3.8, 4) is 0 Å². The highest BCUT2D eigenvalue weighted by Gasteiger charge is 2.51. The van der Waals surface area contributed by atoms with Crippen molar-refractivity contribution < 1.29 is 64.6 Å². The van der Waals surface area contributed by atoms with Gasteiger partial charge in [0.2, 0.25) is 5.91 Å². The minimum Gasteiger partial charge on any atom is -0.394 e. The van der Waals surface area contributed by atoms with Crippen LogP contribution in [-0.2, 0) is 23.7 Å². The van der Waals surface area contributed by atoms with Crippen LogP contribution in [0.5, 0.6) is 0 Å². The van der Waals surface area contributed by atoms with Crippen molar-refractivity contribution in [2.45, 2.75) is 280 Å². The third-order valence-corrected chi connectivity index (χ3v) is 15.0. The largest absolute Gasteiger partial charge is 0.394 e. The number of unbranched alkanes of at least 4 members (excludes halogenated alkanes) is 16. The molecule has 2 heterocycles. The molecule has 2 rings (SSSR count). The van der Waals surface area contributed by atoms with E-state index in [9.17, 15) is 45.6 Å². The maximum Gasteiger partial charge on any atom is 0.220 e. The maximum atomic E-state index is 13.3. The van der Waals surface area contributed by atoms with Crippen molar-refractivity contribution in [2.75, 3.05) is 19.8 Å². The van der Waals surface area contributed by atoms with E-state index in [2.05, 4.69) is 153 Å². The third kappa shape index (κ3) is 39.0. The first-order valence-corrected chi connectivity index (χ1v) is 33.1.